The Morgan fingerprint density at radius 3 is 3.00 bits per heavy atom. The van der Waals surface area contributed by atoms with Gasteiger partial charge in [-0.25, -0.2) is 0 Å². The van der Waals surface area contributed by atoms with Crippen LogP contribution in [0.1, 0.15) is 36.3 Å². The summed E-state index contributed by atoms with van der Waals surface area (Å²) in [4.78, 5) is 5.20. The van der Waals surface area contributed by atoms with E-state index in [1.807, 2.05) is 0 Å². The lowest BCUT2D eigenvalue weighted by atomic mass is 9.99. The molecule has 0 aromatic carbocycles. The summed E-state index contributed by atoms with van der Waals surface area (Å²) in [5.41, 5.74) is 6.86. The Bertz CT molecular complexity index is 429. The number of hydrogen-bond acceptors (Lipinski definition) is 4. The predicted molar refractivity (Wildman–Crippen MR) is 75.8 cm³/mol. The van der Waals surface area contributed by atoms with E-state index in [4.69, 9.17) is 10.2 Å². The molecule has 0 saturated carbocycles. The van der Waals surface area contributed by atoms with Gasteiger partial charge in [-0.3, -0.25) is 9.80 Å². The van der Waals surface area contributed by atoms with Gasteiger partial charge in [-0.1, -0.05) is 6.42 Å². The highest BCUT2D eigenvalue weighted by molar-refractivity contribution is 5.19. The van der Waals surface area contributed by atoms with Crippen LogP contribution in [-0.2, 0) is 13.1 Å². The Balaban J connectivity index is 1.60. The van der Waals surface area contributed by atoms with Crippen LogP contribution in [-0.4, -0.2) is 42.0 Å². The van der Waals surface area contributed by atoms with Crippen molar-refractivity contribution < 1.29 is 4.42 Å². The van der Waals surface area contributed by atoms with Crippen molar-refractivity contribution in [3.63, 3.8) is 0 Å². The van der Waals surface area contributed by atoms with Crippen LogP contribution in [0, 0.1) is 6.92 Å². The number of piperazine rings is 1. The molecule has 106 valence electrons. The largest absolute Gasteiger partial charge is 0.463 e. The molecule has 19 heavy (non-hydrogen) atoms. The monoisotopic (exact) mass is 263 g/mol. The lowest BCUT2D eigenvalue weighted by molar-refractivity contribution is 0.0425. The number of furan rings is 1. The highest BCUT2D eigenvalue weighted by Crippen LogP contribution is 2.23. The van der Waals surface area contributed by atoms with Crippen molar-refractivity contribution in [1.29, 1.82) is 0 Å². The maximum absolute atomic E-state index is 5.82. The first-order valence-electron chi connectivity index (χ1n) is 7.51. The van der Waals surface area contributed by atoms with Crippen LogP contribution in [0.25, 0.3) is 0 Å². The van der Waals surface area contributed by atoms with E-state index >= 15 is 0 Å². The van der Waals surface area contributed by atoms with Crippen molar-refractivity contribution in [1.82, 2.24) is 9.80 Å². The molecule has 0 radical (unpaired) electrons. The van der Waals surface area contributed by atoms with Crippen molar-refractivity contribution in [3.8, 4) is 0 Å². The topological polar surface area (TPSA) is 45.6 Å². The lowest BCUT2D eigenvalue weighted by Gasteiger charge is -2.43. The van der Waals surface area contributed by atoms with Gasteiger partial charge in [-0.15, -0.1) is 0 Å². The molecule has 0 bridgehead atoms. The molecule has 0 amide bonds. The summed E-state index contributed by atoms with van der Waals surface area (Å²) in [6, 6.07) is 2.92. The number of nitrogens with zero attached hydrogens (tertiary/aromatic N) is 2. The fourth-order valence-electron chi connectivity index (χ4n) is 3.46. The summed E-state index contributed by atoms with van der Waals surface area (Å²) in [7, 11) is 0. The van der Waals surface area contributed by atoms with Crippen LogP contribution in [0.2, 0.25) is 0 Å². The maximum atomic E-state index is 5.82. The summed E-state index contributed by atoms with van der Waals surface area (Å²) in [6.07, 6.45) is 4.14. The quantitative estimate of drug-likeness (QED) is 0.902. The Labute approximate surface area is 115 Å². The molecule has 1 aromatic heterocycles. The van der Waals surface area contributed by atoms with E-state index in [1.165, 1.54) is 44.5 Å². The molecule has 1 aromatic rings. The average molecular weight is 263 g/mol. The molecule has 4 nitrogen and oxygen atoms in total. The minimum absolute atomic E-state index is 0.502. The third-order valence-electron chi connectivity index (χ3n) is 4.56. The van der Waals surface area contributed by atoms with Gasteiger partial charge in [-0.2, -0.15) is 0 Å². The first kappa shape index (κ1) is 13.2. The SMILES string of the molecule is Cc1cc(CN2CCN3CCCCC3C2)oc1CN. The number of piperidine rings is 1. The number of hydrogen-bond donors (Lipinski definition) is 1. The highest BCUT2D eigenvalue weighted by Gasteiger charge is 2.29. The van der Waals surface area contributed by atoms with E-state index in [-0.39, 0.29) is 0 Å². The summed E-state index contributed by atoms with van der Waals surface area (Å²) in [5.74, 6) is 2.01. The van der Waals surface area contributed by atoms with Crippen LogP contribution in [0.5, 0.6) is 0 Å². The normalized spacial score (nSPS) is 25.5. The second kappa shape index (κ2) is 5.65. The number of rotatable bonds is 3. The van der Waals surface area contributed by atoms with Gasteiger partial charge < -0.3 is 10.2 Å². The van der Waals surface area contributed by atoms with Crippen LogP contribution < -0.4 is 5.73 Å². The van der Waals surface area contributed by atoms with Gasteiger partial charge in [-0.05, 0) is 37.9 Å². The lowest BCUT2D eigenvalue weighted by Crippen LogP contribution is -2.54. The molecule has 1 atom stereocenters. The van der Waals surface area contributed by atoms with Crippen LogP contribution in [0.3, 0.4) is 0 Å². The van der Waals surface area contributed by atoms with Crippen LogP contribution in [0.15, 0.2) is 10.5 Å². The Morgan fingerprint density at radius 2 is 2.21 bits per heavy atom. The molecule has 3 heterocycles. The molecule has 2 aliphatic rings. The van der Waals surface area contributed by atoms with Gasteiger partial charge in [0.1, 0.15) is 11.5 Å². The zero-order chi connectivity index (χ0) is 13.2. The maximum Gasteiger partial charge on any atom is 0.120 e. The van der Waals surface area contributed by atoms with Crippen molar-refractivity contribution >= 4 is 0 Å². The molecular weight excluding hydrogens is 238 g/mol. The molecule has 4 heteroatoms. The average Bonchev–Trinajstić information content (AvgIpc) is 2.78. The molecule has 0 spiro atoms. The van der Waals surface area contributed by atoms with Crippen molar-refractivity contribution in [2.75, 3.05) is 26.2 Å². The second-order valence-corrected chi connectivity index (χ2v) is 5.94. The van der Waals surface area contributed by atoms with E-state index in [0.717, 1.165) is 30.7 Å². The molecule has 2 saturated heterocycles. The van der Waals surface area contributed by atoms with Crippen molar-refractivity contribution in [2.24, 2.45) is 5.73 Å². The van der Waals surface area contributed by atoms with E-state index in [9.17, 15) is 0 Å². The van der Waals surface area contributed by atoms with Crippen molar-refractivity contribution in [2.45, 2.75) is 45.3 Å². The van der Waals surface area contributed by atoms with Crippen LogP contribution >= 0.6 is 0 Å². The zero-order valence-electron chi connectivity index (χ0n) is 11.9. The van der Waals surface area contributed by atoms with Crippen LogP contribution in [0.4, 0.5) is 0 Å². The molecular formula is C15H25N3O. The number of aryl methyl sites for hydroxylation is 1. The summed E-state index contributed by atoms with van der Waals surface area (Å²) in [6.45, 7) is 8.39. The van der Waals surface area contributed by atoms with Gasteiger partial charge in [0.05, 0.1) is 13.1 Å². The highest BCUT2D eigenvalue weighted by atomic mass is 16.3. The molecule has 3 rings (SSSR count). The summed E-state index contributed by atoms with van der Waals surface area (Å²) in [5, 5.41) is 0. The minimum atomic E-state index is 0.502. The Morgan fingerprint density at radius 1 is 1.32 bits per heavy atom. The molecule has 1 unspecified atom stereocenters. The van der Waals surface area contributed by atoms with Gasteiger partial charge in [0, 0.05) is 25.7 Å². The van der Waals surface area contributed by atoms with Crippen molar-refractivity contribution in [3.05, 3.63) is 23.2 Å². The minimum Gasteiger partial charge on any atom is -0.463 e. The Hall–Kier alpha value is -0.840. The smallest absolute Gasteiger partial charge is 0.120 e. The van der Waals surface area contributed by atoms with Gasteiger partial charge in [0.25, 0.3) is 0 Å². The molecule has 2 aliphatic heterocycles. The summed E-state index contributed by atoms with van der Waals surface area (Å²) < 4.78 is 5.82. The predicted octanol–water partition coefficient (Wildman–Crippen LogP) is 1.72. The number of fused-ring (bicyclic) bond motifs is 1. The zero-order valence-corrected chi connectivity index (χ0v) is 11.9. The Kier molecular flexibility index (Phi) is 3.91. The van der Waals surface area contributed by atoms with Gasteiger partial charge in [0.15, 0.2) is 0 Å². The standard InChI is InChI=1S/C15H25N3O/c1-12-8-14(19-15(12)9-16)11-17-6-7-18-5-3-2-4-13(18)10-17/h8,13H,2-7,9-11,16H2,1H3. The van der Waals surface area contributed by atoms with E-state index < -0.39 is 0 Å². The van der Waals surface area contributed by atoms with E-state index in [0.29, 0.717) is 6.54 Å². The molecule has 2 fully saturated rings. The van der Waals surface area contributed by atoms with Gasteiger partial charge >= 0.3 is 0 Å². The van der Waals surface area contributed by atoms with Gasteiger partial charge in [0.2, 0.25) is 0 Å². The fourth-order valence-corrected chi connectivity index (χ4v) is 3.46. The first-order valence-corrected chi connectivity index (χ1v) is 7.51. The first-order chi connectivity index (χ1) is 9.26. The van der Waals surface area contributed by atoms with E-state index in [2.05, 4.69) is 22.8 Å². The third-order valence-corrected chi connectivity index (χ3v) is 4.56. The van der Waals surface area contributed by atoms with E-state index in [1.54, 1.807) is 0 Å². The molecule has 0 aliphatic carbocycles. The fraction of sp³-hybridized carbons (Fsp3) is 0.733. The summed E-state index contributed by atoms with van der Waals surface area (Å²) >= 11 is 0. The number of nitrogens with two attached hydrogens (primary N) is 1. The molecule has 2 N–H and O–H groups in total. The third kappa shape index (κ3) is 2.86. The second-order valence-electron chi connectivity index (χ2n) is 5.94.